The van der Waals surface area contributed by atoms with Gasteiger partial charge in [-0.3, -0.25) is 9.59 Å². The van der Waals surface area contributed by atoms with E-state index in [1.807, 2.05) is 11.0 Å². The molecule has 1 aromatic rings. The quantitative estimate of drug-likeness (QED) is 0.824. The second-order valence-corrected chi connectivity index (χ2v) is 7.24. The van der Waals surface area contributed by atoms with E-state index in [9.17, 15) is 14.0 Å². The largest absolute Gasteiger partial charge is 0.367 e. The molecule has 0 aromatic heterocycles. The Hall–Kier alpha value is -1.80. The molecule has 2 N–H and O–H groups in total. The molecule has 0 radical (unpaired) electrons. The van der Waals surface area contributed by atoms with Gasteiger partial charge in [-0.1, -0.05) is 6.07 Å². The van der Waals surface area contributed by atoms with Crippen molar-refractivity contribution in [3.63, 3.8) is 0 Å². The highest BCUT2D eigenvalue weighted by Gasteiger charge is 2.32. The van der Waals surface area contributed by atoms with Crippen LogP contribution in [0.25, 0.3) is 0 Å². The van der Waals surface area contributed by atoms with E-state index in [0.29, 0.717) is 22.9 Å². The molecule has 25 heavy (non-hydrogen) atoms. The van der Waals surface area contributed by atoms with Gasteiger partial charge in [-0.15, -0.1) is 11.8 Å². The molecule has 0 bridgehead atoms. The maximum atomic E-state index is 14.4. The molecule has 0 spiro atoms. The number of hydrogen-bond acceptors (Lipinski definition) is 5. The van der Waals surface area contributed by atoms with Crippen molar-refractivity contribution >= 4 is 29.3 Å². The van der Waals surface area contributed by atoms with Crippen molar-refractivity contribution in [3.8, 4) is 0 Å². The maximum Gasteiger partial charge on any atom is 0.243 e. The second-order valence-electron chi connectivity index (χ2n) is 6.25. The Bertz CT molecular complexity index is 652. The molecule has 2 amide bonds. The fourth-order valence-corrected chi connectivity index (χ4v) is 4.32. The summed E-state index contributed by atoms with van der Waals surface area (Å²) in [6.07, 6.45) is 0. The van der Waals surface area contributed by atoms with Gasteiger partial charge in [0, 0.05) is 45.4 Å². The monoisotopic (exact) mass is 366 g/mol. The van der Waals surface area contributed by atoms with E-state index >= 15 is 0 Å². The minimum absolute atomic E-state index is 0.100. The zero-order valence-corrected chi connectivity index (χ0v) is 15.1. The summed E-state index contributed by atoms with van der Waals surface area (Å²) >= 11 is 1.56. The SMILES string of the molecule is CC(=O)N1CSC[C@H]1C(=O)NCc1ccc(N2CCNCC2)c(F)c1. The summed E-state index contributed by atoms with van der Waals surface area (Å²) in [7, 11) is 0. The van der Waals surface area contributed by atoms with Gasteiger partial charge in [0.25, 0.3) is 0 Å². The Morgan fingerprint density at radius 3 is 2.80 bits per heavy atom. The lowest BCUT2D eigenvalue weighted by Gasteiger charge is -2.29. The number of benzene rings is 1. The molecule has 0 unspecified atom stereocenters. The van der Waals surface area contributed by atoms with Crippen LogP contribution < -0.4 is 15.5 Å². The highest BCUT2D eigenvalue weighted by atomic mass is 32.2. The summed E-state index contributed by atoms with van der Waals surface area (Å²) < 4.78 is 14.4. The van der Waals surface area contributed by atoms with E-state index in [0.717, 1.165) is 26.2 Å². The van der Waals surface area contributed by atoms with Crippen LogP contribution in [0.1, 0.15) is 12.5 Å². The van der Waals surface area contributed by atoms with E-state index in [1.54, 1.807) is 22.7 Å². The van der Waals surface area contributed by atoms with Crippen LogP contribution in [0.5, 0.6) is 0 Å². The molecular weight excluding hydrogens is 343 g/mol. The van der Waals surface area contributed by atoms with Crippen LogP contribution in [0.15, 0.2) is 18.2 Å². The summed E-state index contributed by atoms with van der Waals surface area (Å²) in [4.78, 5) is 27.4. The molecule has 2 saturated heterocycles. The van der Waals surface area contributed by atoms with Crippen molar-refractivity contribution in [3.05, 3.63) is 29.6 Å². The van der Waals surface area contributed by atoms with E-state index in [-0.39, 0.29) is 24.2 Å². The van der Waals surface area contributed by atoms with E-state index in [4.69, 9.17) is 0 Å². The number of amides is 2. The standard InChI is InChI=1S/C17H23FN4O2S/c1-12(23)22-11-25-10-16(22)17(24)20-9-13-2-3-15(14(18)8-13)21-6-4-19-5-7-21/h2-3,8,16,19H,4-7,9-11H2,1H3,(H,20,24)/t16-/m0/s1. The Labute approximate surface area is 151 Å². The Kier molecular flexibility index (Phi) is 5.80. The third-order valence-electron chi connectivity index (χ3n) is 4.53. The lowest BCUT2D eigenvalue weighted by Crippen LogP contribution is -2.46. The zero-order valence-electron chi connectivity index (χ0n) is 14.3. The average molecular weight is 366 g/mol. The average Bonchev–Trinajstić information content (AvgIpc) is 3.11. The number of piperazine rings is 1. The minimum Gasteiger partial charge on any atom is -0.367 e. The fraction of sp³-hybridized carbons (Fsp3) is 0.529. The molecule has 1 aromatic carbocycles. The zero-order chi connectivity index (χ0) is 17.8. The smallest absolute Gasteiger partial charge is 0.243 e. The van der Waals surface area contributed by atoms with Crippen molar-refractivity contribution in [2.24, 2.45) is 0 Å². The van der Waals surface area contributed by atoms with Gasteiger partial charge in [0.05, 0.1) is 11.6 Å². The van der Waals surface area contributed by atoms with Crippen LogP contribution in [-0.4, -0.2) is 60.6 Å². The predicted molar refractivity (Wildman–Crippen MR) is 97.0 cm³/mol. The molecule has 2 aliphatic heterocycles. The first-order chi connectivity index (χ1) is 12.1. The third kappa shape index (κ3) is 4.24. The van der Waals surface area contributed by atoms with Crippen LogP contribution in [0.3, 0.4) is 0 Å². The fourth-order valence-electron chi connectivity index (χ4n) is 3.10. The van der Waals surface area contributed by atoms with Gasteiger partial charge in [-0.2, -0.15) is 0 Å². The Morgan fingerprint density at radius 1 is 1.36 bits per heavy atom. The van der Waals surface area contributed by atoms with Crippen LogP contribution >= 0.6 is 11.8 Å². The van der Waals surface area contributed by atoms with Gasteiger partial charge in [0.1, 0.15) is 11.9 Å². The summed E-state index contributed by atoms with van der Waals surface area (Å²) in [5, 5.41) is 6.06. The summed E-state index contributed by atoms with van der Waals surface area (Å²) in [5.41, 5.74) is 1.32. The normalized spacial score (nSPS) is 20.6. The number of anilines is 1. The first kappa shape index (κ1) is 18.0. The second kappa shape index (κ2) is 8.05. The third-order valence-corrected chi connectivity index (χ3v) is 5.54. The van der Waals surface area contributed by atoms with E-state index in [1.165, 1.54) is 13.0 Å². The predicted octanol–water partition coefficient (Wildman–Crippen LogP) is 0.773. The summed E-state index contributed by atoms with van der Waals surface area (Å²) in [6.45, 7) is 4.99. The van der Waals surface area contributed by atoms with Crippen molar-refractivity contribution in [2.45, 2.75) is 19.5 Å². The molecule has 2 heterocycles. The molecule has 2 aliphatic rings. The molecule has 136 valence electrons. The number of carbonyl (C=O) groups is 2. The van der Waals surface area contributed by atoms with Crippen molar-refractivity contribution in [1.29, 1.82) is 0 Å². The van der Waals surface area contributed by atoms with Gasteiger partial charge in [0.15, 0.2) is 0 Å². The molecule has 6 nitrogen and oxygen atoms in total. The molecule has 8 heteroatoms. The van der Waals surface area contributed by atoms with Crippen LogP contribution in [-0.2, 0) is 16.1 Å². The molecule has 1 atom stereocenters. The van der Waals surface area contributed by atoms with Crippen molar-refractivity contribution in [2.75, 3.05) is 42.7 Å². The Balaban J connectivity index is 1.59. The lowest BCUT2D eigenvalue weighted by molar-refractivity contribution is -0.136. The highest BCUT2D eigenvalue weighted by molar-refractivity contribution is 7.99. The topological polar surface area (TPSA) is 64.7 Å². The van der Waals surface area contributed by atoms with Gasteiger partial charge in [-0.25, -0.2) is 4.39 Å². The molecule has 2 fully saturated rings. The van der Waals surface area contributed by atoms with Gasteiger partial charge < -0.3 is 20.4 Å². The number of halogens is 1. The van der Waals surface area contributed by atoms with E-state index in [2.05, 4.69) is 10.6 Å². The number of hydrogen-bond donors (Lipinski definition) is 2. The van der Waals surface area contributed by atoms with Crippen LogP contribution in [0, 0.1) is 5.82 Å². The Morgan fingerprint density at radius 2 is 2.12 bits per heavy atom. The number of carbonyl (C=O) groups excluding carboxylic acids is 2. The molecule has 0 saturated carbocycles. The van der Waals surface area contributed by atoms with Gasteiger partial charge in [-0.05, 0) is 17.7 Å². The molecule has 3 rings (SSSR count). The lowest BCUT2D eigenvalue weighted by atomic mass is 10.1. The van der Waals surface area contributed by atoms with Crippen LogP contribution in [0.4, 0.5) is 10.1 Å². The van der Waals surface area contributed by atoms with Crippen molar-refractivity contribution < 1.29 is 14.0 Å². The number of nitrogens with one attached hydrogen (secondary N) is 2. The van der Waals surface area contributed by atoms with Crippen LogP contribution in [0.2, 0.25) is 0 Å². The van der Waals surface area contributed by atoms with Gasteiger partial charge in [0.2, 0.25) is 11.8 Å². The number of nitrogens with zero attached hydrogens (tertiary/aromatic N) is 2. The maximum absolute atomic E-state index is 14.4. The summed E-state index contributed by atoms with van der Waals surface area (Å²) in [5.74, 6) is 0.585. The summed E-state index contributed by atoms with van der Waals surface area (Å²) in [6, 6.07) is 4.65. The minimum atomic E-state index is -0.438. The van der Waals surface area contributed by atoms with Gasteiger partial charge >= 0.3 is 0 Å². The first-order valence-electron chi connectivity index (χ1n) is 8.43. The number of thioether (sulfide) groups is 1. The highest BCUT2D eigenvalue weighted by Crippen LogP contribution is 2.22. The number of rotatable bonds is 4. The molecule has 0 aliphatic carbocycles. The van der Waals surface area contributed by atoms with E-state index < -0.39 is 6.04 Å². The molecular formula is C17H23FN4O2S. The van der Waals surface area contributed by atoms with Crippen molar-refractivity contribution in [1.82, 2.24) is 15.5 Å². The first-order valence-corrected chi connectivity index (χ1v) is 9.58.